The highest BCUT2D eigenvalue weighted by molar-refractivity contribution is 5.95. The minimum atomic E-state index is -1.04. The summed E-state index contributed by atoms with van der Waals surface area (Å²) < 4.78 is 5.20. The molecule has 1 aliphatic heterocycles. The summed E-state index contributed by atoms with van der Waals surface area (Å²) in [6.45, 7) is 8.33. The van der Waals surface area contributed by atoms with Crippen molar-refractivity contribution >= 4 is 29.5 Å². The highest BCUT2D eigenvalue weighted by Gasteiger charge is 2.32. The van der Waals surface area contributed by atoms with Crippen LogP contribution in [0.4, 0.5) is 0 Å². The molecule has 2 rings (SSSR count). The number of methoxy groups -OCH3 is 1. The molecule has 12 heteroatoms. The average Bonchev–Trinajstić information content (AvgIpc) is 2.90. The fraction of sp³-hybridized carbons (Fsp3) is 0.621. The first kappa shape index (κ1) is 33.5. The topological polar surface area (TPSA) is 166 Å². The number of hydrogen-bond acceptors (Lipinski definition) is 7. The van der Waals surface area contributed by atoms with Crippen molar-refractivity contribution < 1.29 is 33.8 Å². The molecule has 1 saturated heterocycles. The van der Waals surface area contributed by atoms with E-state index in [-0.39, 0.29) is 37.8 Å². The van der Waals surface area contributed by atoms with Gasteiger partial charge < -0.3 is 36.0 Å². The second-order valence-corrected chi connectivity index (χ2v) is 11.2. The third kappa shape index (κ3) is 10.7. The van der Waals surface area contributed by atoms with E-state index in [1.807, 2.05) is 27.7 Å². The average molecular weight is 576 g/mol. The molecule has 228 valence electrons. The molecule has 5 N–H and O–H groups in total. The van der Waals surface area contributed by atoms with Gasteiger partial charge in [0.05, 0.1) is 20.3 Å². The van der Waals surface area contributed by atoms with Gasteiger partial charge in [-0.15, -0.1) is 0 Å². The fourth-order valence-electron chi connectivity index (χ4n) is 4.45. The zero-order valence-electron chi connectivity index (χ0n) is 24.9. The summed E-state index contributed by atoms with van der Waals surface area (Å²) >= 11 is 0. The molecule has 1 fully saturated rings. The second kappa shape index (κ2) is 15.9. The van der Waals surface area contributed by atoms with Crippen LogP contribution in [0.3, 0.4) is 0 Å². The molecular weight excluding hydrogens is 530 g/mol. The molecule has 12 nitrogen and oxygen atoms in total. The van der Waals surface area contributed by atoms with E-state index in [9.17, 15) is 29.1 Å². The first-order valence-corrected chi connectivity index (χ1v) is 14.1. The minimum Gasteiger partial charge on any atom is -0.497 e. The van der Waals surface area contributed by atoms with Crippen molar-refractivity contribution in [2.24, 2.45) is 11.8 Å². The number of benzene rings is 1. The Hall–Kier alpha value is -3.67. The first-order valence-electron chi connectivity index (χ1n) is 14.1. The molecule has 0 saturated carbocycles. The SMILES string of the molecule is COc1ccc(C[C@@H]2NC(=O)[C@H](CC(C)C)NC(=O)CN(C(=O)CCO)C[C@H](C(C)C)NC(=O)[C@@H](C)NC2=O)cc1. The van der Waals surface area contributed by atoms with Crippen molar-refractivity contribution in [1.82, 2.24) is 26.2 Å². The predicted molar refractivity (Wildman–Crippen MR) is 153 cm³/mol. The van der Waals surface area contributed by atoms with Gasteiger partial charge in [-0.25, -0.2) is 0 Å². The van der Waals surface area contributed by atoms with E-state index in [0.717, 1.165) is 5.56 Å². The lowest BCUT2D eigenvalue weighted by Crippen LogP contribution is -2.57. The van der Waals surface area contributed by atoms with E-state index in [1.54, 1.807) is 31.4 Å². The summed E-state index contributed by atoms with van der Waals surface area (Å²) in [6.07, 6.45) is 0.238. The van der Waals surface area contributed by atoms with Crippen LogP contribution in [0.5, 0.6) is 5.75 Å². The molecule has 0 aromatic heterocycles. The largest absolute Gasteiger partial charge is 0.497 e. The quantitative estimate of drug-likeness (QED) is 0.294. The monoisotopic (exact) mass is 575 g/mol. The predicted octanol–water partition coefficient (Wildman–Crippen LogP) is 0.124. The molecule has 0 radical (unpaired) electrons. The number of hydrogen-bond donors (Lipinski definition) is 5. The Morgan fingerprint density at radius 2 is 1.59 bits per heavy atom. The van der Waals surface area contributed by atoms with Crippen molar-refractivity contribution in [2.75, 3.05) is 26.8 Å². The van der Waals surface area contributed by atoms with Gasteiger partial charge >= 0.3 is 0 Å². The summed E-state index contributed by atoms with van der Waals surface area (Å²) in [5.74, 6) is -2.06. The molecule has 1 aromatic carbocycles. The third-order valence-corrected chi connectivity index (χ3v) is 6.91. The molecule has 5 amide bonds. The molecule has 4 atom stereocenters. The molecular formula is C29H45N5O7. The van der Waals surface area contributed by atoms with Crippen LogP contribution >= 0.6 is 0 Å². The smallest absolute Gasteiger partial charge is 0.243 e. The molecule has 1 aliphatic rings. The molecule has 1 heterocycles. The summed E-state index contributed by atoms with van der Waals surface area (Å²) in [5, 5.41) is 20.4. The van der Waals surface area contributed by atoms with Crippen LogP contribution in [-0.4, -0.2) is 90.5 Å². The maximum Gasteiger partial charge on any atom is 0.243 e. The van der Waals surface area contributed by atoms with Crippen LogP contribution in [0.25, 0.3) is 0 Å². The maximum absolute atomic E-state index is 13.5. The lowest BCUT2D eigenvalue weighted by Gasteiger charge is -2.31. The molecule has 0 bridgehead atoms. The zero-order chi connectivity index (χ0) is 30.7. The van der Waals surface area contributed by atoms with Crippen LogP contribution in [0, 0.1) is 11.8 Å². The third-order valence-electron chi connectivity index (χ3n) is 6.91. The van der Waals surface area contributed by atoms with Gasteiger partial charge in [-0.3, -0.25) is 24.0 Å². The van der Waals surface area contributed by atoms with Gasteiger partial charge in [0, 0.05) is 25.4 Å². The van der Waals surface area contributed by atoms with Crippen LogP contribution in [-0.2, 0) is 30.4 Å². The lowest BCUT2D eigenvalue weighted by atomic mass is 10.0. The van der Waals surface area contributed by atoms with Gasteiger partial charge in [-0.05, 0) is 42.9 Å². The first-order chi connectivity index (χ1) is 19.3. The Kier molecular flexibility index (Phi) is 13.0. The maximum atomic E-state index is 13.5. The van der Waals surface area contributed by atoms with Gasteiger partial charge in [0.1, 0.15) is 23.9 Å². The number of aliphatic hydroxyl groups excluding tert-OH is 1. The number of ether oxygens (including phenoxy) is 1. The summed E-state index contributed by atoms with van der Waals surface area (Å²) in [5.41, 5.74) is 0.753. The summed E-state index contributed by atoms with van der Waals surface area (Å²) in [4.78, 5) is 67.2. The Labute approximate surface area is 241 Å². The summed E-state index contributed by atoms with van der Waals surface area (Å²) in [7, 11) is 1.55. The van der Waals surface area contributed by atoms with Crippen molar-refractivity contribution in [3.05, 3.63) is 29.8 Å². The van der Waals surface area contributed by atoms with Crippen molar-refractivity contribution in [3.63, 3.8) is 0 Å². The fourth-order valence-corrected chi connectivity index (χ4v) is 4.45. The lowest BCUT2D eigenvalue weighted by molar-refractivity contribution is -0.138. The van der Waals surface area contributed by atoms with E-state index < -0.39 is 60.3 Å². The van der Waals surface area contributed by atoms with Crippen LogP contribution in [0.1, 0.15) is 53.0 Å². The minimum absolute atomic E-state index is 0.0114. The highest BCUT2D eigenvalue weighted by atomic mass is 16.5. The Morgan fingerprint density at radius 1 is 0.951 bits per heavy atom. The number of nitrogens with one attached hydrogen (secondary N) is 4. The number of nitrogens with zero attached hydrogens (tertiary/aromatic N) is 1. The van der Waals surface area contributed by atoms with E-state index >= 15 is 0 Å². The van der Waals surface area contributed by atoms with Gasteiger partial charge in [-0.1, -0.05) is 39.8 Å². The van der Waals surface area contributed by atoms with Gasteiger partial charge in [0.15, 0.2) is 0 Å². The zero-order valence-corrected chi connectivity index (χ0v) is 24.9. The molecule has 0 aliphatic carbocycles. The van der Waals surface area contributed by atoms with Crippen molar-refractivity contribution in [2.45, 2.75) is 78.0 Å². The number of carbonyl (C=O) groups excluding carboxylic acids is 5. The van der Waals surface area contributed by atoms with E-state index in [0.29, 0.717) is 12.2 Å². The van der Waals surface area contributed by atoms with Gasteiger partial charge in [-0.2, -0.15) is 0 Å². The van der Waals surface area contributed by atoms with E-state index in [4.69, 9.17) is 4.74 Å². The van der Waals surface area contributed by atoms with Gasteiger partial charge in [0.25, 0.3) is 0 Å². The number of rotatable bonds is 8. The normalized spacial score (nSPS) is 23.2. The molecule has 1 aromatic rings. The number of aliphatic hydroxyl groups is 1. The van der Waals surface area contributed by atoms with Crippen LogP contribution < -0.4 is 26.0 Å². The Balaban J connectivity index is 2.46. The van der Waals surface area contributed by atoms with Crippen LogP contribution in [0.2, 0.25) is 0 Å². The van der Waals surface area contributed by atoms with E-state index in [1.165, 1.54) is 11.8 Å². The summed E-state index contributed by atoms with van der Waals surface area (Å²) in [6, 6.07) is 3.56. The van der Waals surface area contributed by atoms with E-state index in [2.05, 4.69) is 21.3 Å². The van der Waals surface area contributed by atoms with Crippen molar-refractivity contribution in [1.29, 1.82) is 0 Å². The van der Waals surface area contributed by atoms with Gasteiger partial charge in [0.2, 0.25) is 29.5 Å². The number of carbonyl (C=O) groups is 5. The highest BCUT2D eigenvalue weighted by Crippen LogP contribution is 2.14. The second-order valence-electron chi connectivity index (χ2n) is 11.2. The van der Waals surface area contributed by atoms with Crippen molar-refractivity contribution in [3.8, 4) is 5.75 Å². The Morgan fingerprint density at radius 3 is 2.15 bits per heavy atom. The molecule has 0 unspecified atom stereocenters. The molecule has 41 heavy (non-hydrogen) atoms. The standard InChI is InChI=1S/C29H45N5O7/c1-17(2)13-22-29(40)32-23(14-20-7-9-21(41-6)10-8-20)28(39)30-19(5)27(38)33-24(18(3)4)15-34(16-25(36)31-22)26(37)11-12-35/h7-10,17-19,22-24,35H,11-16H2,1-6H3,(H,30,39)(H,31,36)(H,32,40)(H,33,38)/t19-,22+,23+,24-/m1/s1. The molecule has 0 spiro atoms. The Bertz CT molecular complexity index is 1060. The number of amides is 5. The van der Waals surface area contributed by atoms with Crippen LogP contribution in [0.15, 0.2) is 24.3 Å².